The molecule has 34 valence electrons. The molecule has 0 radical (unpaired) electrons. The maximum absolute atomic E-state index is 3.60. The molecule has 0 atom stereocenters. The first kappa shape index (κ1) is 5.41. The molecule has 0 saturated heterocycles. The Morgan fingerprint density at radius 2 is 2.33 bits per heavy atom. The first-order chi connectivity index (χ1) is 2.91. The smallest absolute Gasteiger partial charge is 0.0416 e. The number of nitrogens with zero attached hydrogens (tertiary/aromatic N) is 1. The van der Waals surface area contributed by atoms with E-state index in [1.165, 1.54) is 0 Å². The van der Waals surface area contributed by atoms with E-state index >= 15 is 0 Å². The molecular formula is C5H9N. The molecule has 0 heterocycles. The van der Waals surface area contributed by atoms with Crippen LogP contribution in [-0.4, -0.2) is 13.3 Å². The van der Waals surface area contributed by atoms with Crippen molar-refractivity contribution in [2.75, 3.05) is 6.54 Å². The van der Waals surface area contributed by atoms with Crippen molar-refractivity contribution in [1.82, 2.24) is 0 Å². The standard InChI is InChI=1S/C5H9N/c1-3-4-5-6-2/h3H,1-2,4-5H2. The van der Waals surface area contributed by atoms with Gasteiger partial charge in [0.05, 0.1) is 0 Å². The van der Waals surface area contributed by atoms with Crippen LogP contribution in [0.25, 0.3) is 0 Å². The lowest BCUT2D eigenvalue weighted by Crippen LogP contribution is -1.69. The number of hydrogen-bond donors (Lipinski definition) is 0. The van der Waals surface area contributed by atoms with Crippen molar-refractivity contribution in [3.63, 3.8) is 0 Å². The van der Waals surface area contributed by atoms with Gasteiger partial charge in [-0.1, -0.05) is 6.08 Å². The highest BCUT2D eigenvalue weighted by molar-refractivity contribution is 5.23. The first-order valence-electron chi connectivity index (χ1n) is 1.95. The summed E-state index contributed by atoms with van der Waals surface area (Å²) < 4.78 is 0. The van der Waals surface area contributed by atoms with Gasteiger partial charge in [0.2, 0.25) is 0 Å². The first-order valence-corrected chi connectivity index (χ1v) is 1.95. The van der Waals surface area contributed by atoms with E-state index in [2.05, 4.69) is 18.3 Å². The predicted molar refractivity (Wildman–Crippen MR) is 29.2 cm³/mol. The zero-order chi connectivity index (χ0) is 4.83. The summed E-state index contributed by atoms with van der Waals surface area (Å²) in [6.07, 6.45) is 2.78. The Morgan fingerprint density at radius 1 is 1.67 bits per heavy atom. The molecule has 0 aromatic carbocycles. The molecule has 0 aromatic rings. The van der Waals surface area contributed by atoms with Crippen LogP contribution >= 0.6 is 0 Å². The third-order valence-electron chi connectivity index (χ3n) is 0.491. The molecule has 0 unspecified atom stereocenters. The van der Waals surface area contributed by atoms with Crippen LogP contribution in [-0.2, 0) is 0 Å². The van der Waals surface area contributed by atoms with E-state index in [0.29, 0.717) is 0 Å². The number of hydrogen-bond acceptors (Lipinski definition) is 1. The van der Waals surface area contributed by atoms with E-state index in [9.17, 15) is 0 Å². The zero-order valence-electron chi connectivity index (χ0n) is 3.85. The Labute approximate surface area is 38.4 Å². The molecule has 1 heteroatoms. The molecular weight excluding hydrogens is 74.1 g/mol. The van der Waals surface area contributed by atoms with Crippen LogP contribution in [0.3, 0.4) is 0 Å². The summed E-state index contributed by atoms with van der Waals surface area (Å²) in [6.45, 7) is 7.62. The molecule has 0 amide bonds. The summed E-state index contributed by atoms with van der Waals surface area (Å²) in [7, 11) is 0. The summed E-state index contributed by atoms with van der Waals surface area (Å²) in [5.41, 5.74) is 0. The second kappa shape index (κ2) is 4.41. The molecule has 0 rings (SSSR count). The van der Waals surface area contributed by atoms with Crippen LogP contribution < -0.4 is 0 Å². The minimum absolute atomic E-state index is 0.809. The quantitative estimate of drug-likeness (QED) is 0.277. The van der Waals surface area contributed by atoms with Gasteiger partial charge in [-0.05, 0) is 13.1 Å². The average Bonchev–Trinajstić information content (AvgIpc) is 1.61. The summed E-state index contributed by atoms with van der Waals surface area (Å²) in [5, 5.41) is 0. The molecule has 0 saturated carbocycles. The fourth-order valence-corrected chi connectivity index (χ4v) is 0.183. The summed E-state index contributed by atoms with van der Waals surface area (Å²) in [6, 6.07) is 0. The fourth-order valence-electron chi connectivity index (χ4n) is 0.183. The highest BCUT2D eigenvalue weighted by Gasteiger charge is 1.66. The van der Waals surface area contributed by atoms with Gasteiger partial charge < -0.3 is 4.99 Å². The second-order valence-electron chi connectivity index (χ2n) is 1.02. The number of aliphatic imine (C=N–C) groups is 1. The Kier molecular flexibility index (Phi) is 3.98. The van der Waals surface area contributed by atoms with Gasteiger partial charge in [0.1, 0.15) is 0 Å². The van der Waals surface area contributed by atoms with E-state index in [1.54, 1.807) is 0 Å². The Morgan fingerprint density at radius 3 is 2.50 bits per heavy atom. The number of rotatable bonds is 3. The molecule has 0 fully saturated rings. The molecule has 0 aliphatic carbocycles. The van der Waals surface area contributed by atoms with Crippen molar-refractivity contribution in [2.24, 2.45) is 4.99 Å². The van der Waals surface area contributed by atoms with Crippen molar-refractivity contribution in [3.05, 3.63) is 12.7 Å². The topological polar surface area (TPSA) is 12.4 Å². The monoisotopic (exact) mass is 83.1 g/mol. The van der Waals surface area contributed by atoms with Crippen molar-refractivity contribution in [3.8, 4) is 0 Å². The summed E-state index contributed by atoms with van der Waals surface area (Å²) >= 11 is 0. The molecule has 0 spiro atoms. The highest BCUT2D eigenvalue weighted by atomic mass is 14.7. The van der Waals surface area contributed by atoms with E-state index < -0.39 is 0 Å². The van der Waals surface area contributed by atoms with Crippen molar-refractivity contribution in [1.29, 1.82) is 0 Å². The van der Waals surface area contributed by atoms with Gasteiger partial charge in [-0.15, -0.1) is 6.58 Å². The lowest BCUT2D eigenvalue weighted by atomic mass is 10.4. The third-order valence-corrected chi connectivity index (χ3v) is 0.491. The van der Waals surface area contributed by atoms with Gasteiger partial charge in [-0.2, -0.15) is 0 Å². The van der Waals surface area contributed by atoms with E-state index in [-0.39, 0.29) is 0 Å². The summed E-state index contributed by atoms with van der Waals surface area (Å²) in [5.74, 6) is 0. The second-order valence-corrected chi connectivity index (χ2v) is 1.02. The zero-order valence-corrected chi connectivity index (χ0v) is 3.85. The summed E-state index contributed by atoms with van der Waals surface area (Å²) in [4.78, 5) is 3.60. The Bertz CT molecular complexity index is 39.9. The molecule has 0 aliphatic rings. The van der Waals surface area contributed by atoms with Crippen LogP contribution in [0.1, 0.15) is 6.42 Å². The van der Waals surface area contributed by atoms with Crippen molar-refractivity contribution >= 4 is 6.72 Å². The van der Waals surface area contributed by atoms with Crippen LogP contribution in [0.4, 0.5) is 0 Å². The maximum atomic E-state index is 3.60. The Balaban J connectivity index is 2.66. The lowest BCUT2D eigenvalue weighted by Gasteiger charge is -1.77. The van der Waals surface area contributed by atoms with Gasteiger partial charge in [0, 0.05) is 6.54 Å². The molecule has 0 N–H and O–H groups in total. The minimum atomic E-state index is 0.809. The van der Waals surface area contributed by atoms with Crippen LogP contribution in [0.5, 0.6) is 0 Å². The largest absolute Gasteiger partial charge is 0.301 e. The average molecular weight is 83.1 g/mol. The van der Waals surface area contributed by atoms with Crippen LogP contribution in [0.15, 0.2) is 17.6 Å². The molecule has 0 bridgehead atoms. The van der Waals surface area contributed by atoms with Crippen LogP contribution in [0.2, 0.25) is 0 Å². The van der Waals surface area contributed by atoms with Crippen molar-refractivity contribution in [2.45, 2.75) is 6.42 Å². The SMILES string of the molecule is C=CCCN=C. The maximum Gasteiger partial charge on any atom is 0.0416 e. The van der Waals surface area contributed by atoms with Gasteiger partial charge in [-0.25, -0.2) is 0 Å². The fraction of sp³-hybridized carbons (Fsp3) is 0.400. The van der Waals surface area contributed by atoms with E-state index in [1.807, 2.05) is 6.08 Å². The highest BCUT2D eigenvalue weighted by Crippen LogP contribution is 1.76. The molecule has 6 heavy (non-hydrogen) atoms. The predicted octanol–water partition coefficient (Wildman–Crippen LogP) is 1.26. The van der Waals surface area contributed by atoms with Crippen molar-refractivity contribution < 1.29 is 0 Å². The lowest BCUT2D eigenvalue weighted by molar-refractivity contribution is 1.02. The van der Waals surface area contributed by atoms with Gasteiger partial charge in [-0.3, -0.25) is 0 Å². The molecule has 0 aliphatic heterocycles. The molecule has 1 nitrogen and oxygen atoms in total. The van der Waals surface area contributed by atoms with Gasteiger partial charge >= 0.3 is 0 Å². The van der Waals surface area contributed by atoms with Gasteiger partial charge in [0.25, 0.3) is 0 Å². The van der Waals surface area contributed by atoms with E-state index in [0.717, 1.165) is 13.0 Å². The molecule has 0 aromatic heterocycles. The van der Waals surface area contributed by atoms with Gasteiger partial charge in [0.15, 0.2) is 0 Å². The van der Waals surface area contributed by atoms with Crippen LogP contribution in [0, 0.1) is 0 Å². The minimum Gasteiger partial charge on any atom is -0.301 e. The third kappa shape index (κ3) is 3.41. The Hall–Kier alpha value is -0.590. The normalized spacial score (nSPS) is 7.33. The van der Waals surface area contributed by atoms with E-state index in [4.69, 9.17) is 0 Å².